The summed E-state index contributed by atoms with van der Waals surface area (Å²) in [6.07, 6.45) is 2.60. The second-order valence-electron chi connectivity index (χ2n) is 2.13. The van der Waals surface area contributed by atoms with Crippen LogP contribution in [0.1, 0.15) is 6.42 Å². The van der Waals surface area contributed by atoms with Crippen molar-refractivity contribution in [3.05, 3.63) is 0 Å². The zero-order chi connectivity index (χ0) is 8.74. The molecule has 0 aromatic heterocycles. The van der Waals surface area contributed by atoms with Crippen molar-refractivity contribution in [2.45, 2.75) is 6.42 Å². The van der Waals surface area contributed by atoms with E-state index in [4.69, 9.17) is 0 Å². The van der Waals surface area contributed by atoms with Gasteiger partial charge < -0.3 is 17.7 Å². The van der Waals surface area contributed by atoms with Crippen LogP contribution in [0.25, 0.3) is 0 Å². The quantitative estimate of drug-likeness (QED) is 0.431. The maximum atomic E-state index is 11.5. The molecule has 7 heteroatoms. The standard InChI is InChI=1S/C5H11BF3OS.K/c1-11-4-2-3-10-5-6(7,8)9;/h2-5H2,1H3;/q-1;+1. The maximum Gasteiger partial charge on any atom is 1.00 e. The average molecular weight is 226 g/mol. The number of thioether (sulfide) groups is 1. The Labute approximate surface area is 118 Å². The van der Waals surface area contributed by atoms with E-state index in [1.54, 1.807) is 11.8 Å². The van der Waals surface area contributed by atoms with Gasteiger partial charge in [-0.25, -0.2) is 0 Å². The fourth-order valence-electron chi connectivity index (χ4n) is 0.522. The Balaban J connectivity index is 0. The predicted octanol–water partition coefficient (Wildman–Crippen LogP) is -0.853. The van der Waals surface area contributed by atoms with E-state index in [1.807, 2.05) is 6.26 Å². The van der Waals surface area contributed by atoms with Gasteiger partial charge in [0.05, 0.1) is 0 Å². The Bertz CT molecular complexity index is 103. The van der Waals surface area contributed by atoms with Crippen LogP contribution in [-0.4, -0.2) is 32.1 Å². The Morgan fingerprint density at radius 2 is 1.92 bits per heavy atom. The number of hydrogen-bond acceptors (Lipinski definition) is 2. The van der Waals surface area contributed by atoms with Gasteiger partial charge in [-0.3, -0.25) is 0 Å². The first-order valence-corrected chi connectivity index (χ1v) is 4.73. The fraction of sp³-hybridized carbons (Fsp3) is 1.00. The van der Waals surface area contributed by atoms with Crippen LogP contribution < -0.4 is 51.4 Å². The SMILES string of the molecule is CSCCCOC[B-](F)(F)F.[K+]. The van der Waals surface area contributed by atoms with Gasteiger partial charge >= 0.3 is 58.4 Å². The Morgan fingerprint density at radius 3 is 2.33 bits per heavy atom. The smallest absolute Gasteiger partial charge is 0.447 e. The normalized spacial score (nSPS) is 11.0. The molecule has 0 rings (SSSR count). The van der Waals surface area contributed by atoms with Crippen molar-refractivity contribution in [1.82, 2.24) is 0 Å². The summed E-state index contributed by atoms with van der Waals surface area (Å²) in [4.78, 5) is 0. The van der Waals surface area contributed by atoms with Crippen molar-refractivity contribution < 1.29 is 69.1 Å². The molecule has 0 saturated heterocycles. The number of ether oxygens (including phenoxy) is 1. The predicted molar refractivity (Wildman–Crippen MR) is 42.9 cm³/mol. The van der Waals surface area contributed by atoms with Crippen LogP contribution in [0.15, 0.2) is 0 Å². The van der Waals surface area contributed by atoms with Gasteiger partial charge in [0.1, 0.15) is 0 Å². The molecule has 0 heterocycles. The Morgan fingerprint density at radius 1 is 1.33 bits per heavy atom. The first kappa shape index (κ1) is 16.2. The first-order chi connectivity index (χ1) is 5.06. The second kappa shape index (κ2) is 9.36. The summed E-state index contributed by atoms with van der Waals surface area (Å²) >= 11 is 1.60. The minimum absolute atomic E-state index is 0. The molecule has 0 aliphatic carbocycles. The van der Waals surface area contributed by atoms with Crippen LogP contribution >= 0.6 is 11.8 Å². The molecule has 0 spiro atoms. The van der Waals surface area contributed by atoms with Crippen LogP contribution in [0, 0.1) is 0 Å². The van der Waals surface area contributed by atoms with Crippen molar-refractivity contribution in [3.63, 3.8) is 0 Å². The van der Waals surface area contributed by atoms with Gasteiger partial charge in [0.2, 0.25) is 0 Å². The Kier molecular flexibility index (Phi) is 12.7. The molecule has 0 fully saturated rings. The third-order valence-electron chi connectivity index (χ3n) is 0.944. The molecule has 0 aromatic carbocycles. The molecule has 0 unspecified atom stereocenters. The van der Waals surface area contributed by atoms with Crippen LogP contribution in [0.4, 0.5) is 12.9 Å². The molecule has 0 N–H and O–H groups in total. The molecule has 12 heavy (non-hydrogen) atoms. The third kappa shape index (κ3) is 14.3. The van der Waals surface area contributed by atoms with Gasteiger partial charge in [-0.1, -0.05) is 0 Å². The van der Waals surface area contributed by atoms with Crippen LogP contribution in [0.3, 0.4) is 0 Å². The van der Waals surface area contributed by atoms with Crippen LogP contribution in [0.2, 0.25) is 0 Å². The monoisotopic (exact) mass is 226 g/mol. The molecule has 68 valence electrons. The minimum atomic E-state index is -4.75. The van der Waals surface area contributed by atoms with Crippen molar-refractivity contribution in [3.8, 4) is 0 Å². The molecule has 0 atom stereocenters. The van der Waals surface area contributed by atoms with Crippen molar-refractivity contribution in [2.24, 2.45) is 0 Å². The minimum Gasteiger partial charge on any atom is -0.447 e. The molecular weight excluding hydrogens is 215 g/mol. The van der Waals surface area contributed by atoms with Gasteiger partial charge in [-0.15, -0.1) is 0 Å². The number of halogens is 3. The second-order valence-corrected chi connectivity index (χ2v) is 3.12. The molecular formula is C5H11BF3KOS. The molecule has 0 saturated carbocycles. The summed E-state index contributed by atoms with van der Waals surface area (Å²) in [6, 6.07) is 0. The topological polar surface area (TPSA) is 9.23 Å². The van der Waals surface area contributed by atoms with Gasteiger partial charge in [0, 0.05) is 13.1 Å². The van der Waals surface area contributed by atoms with E-state index in [9.17, 15) is 12.9 Å². The largest absolute Gasteiger partial charge is 1.00 e. The van der Waals surface area contributed by atoms with Crippen LogP contribution in [0.5, 0.6) is 0 Å². The van der Waals surface area contributed by atoms with E-state index in [1.165, 1.54) is 0 Å². The van der Waals surface area contributed by atoms with Crippen LogP contribution in [-0.2, 0) is 4.74 Å². The van der Waals surface area contributed by atoms with E-state index in [2.05, 4.69) is 4.74 Å². The van der Waals surface area contributed by atoms with Crippen molar-refractivity contribution in [2.75, 3.05) is 25.1 Å². The molecule has 1 nitrogen and oxygen atoms in total. The summed E-state index contributed by atoms with van der Waals surface area (Å²) in [5.74, 6) is 0.852. The average Bonchev–Trinajstić information content (AvgIpc) is 1.85. The first-order valence-electron chi connectivity index (χ1n) is 3.34. The summed E-state index contributed by atoms with van der Waals surface area (Å²) in [7, 11) is 0. The molecule has 0 amide bonds. The van der Waals surface area contributed by atoms with Gasteiger partial charge in [0.15, 0.2) is 0 Å². The van der Waals surface area contributed by atoms with Gasteiger partial charge in [-0.05, 0) is 18.4 Å². The van der Waals surface area contributed by atoms with E-state index in [0.29, 0.717) is 6.42 Å². The molecule has 0 aromatic rings. The van der Waals surface area contributed by atoms with E-state index in [-0.39, 0.29) is 58.0 Å². The van der Waals surface area contributed by atoms with E-state index >= 15 is 0 Å². The molecule has 0 bridgehead atoms. The Hall–Kier alpha value is 1.80. The number of rotatable bonds is 6. The maximum absolute atomic E-state index is 11.5. The zero-order valence-electron chi connectivity index (χ0n) is 7.36. The van der Waals surface area contributed by atoms with E-state index < -0.39 is 13.5 Å². The molecule has 0 aliphatic rings. The summed E-state index contributed by atoms with van der Waals surface area (Å²) in [6.45, 7) is -5.60. The number of hydrogen-bond donors (Lipinski definition) is 0. The summed E-state index contributed by atoms with van der Waals surface area (Å²) in [5.41, 5.74) is 0. The zero-order valence-corrected chi connectivity index (χ0v) is 11.3. The van der Waals surface area contributed by atoms with Crippen molar-refractivity contribution in [1.29, 1.82) is 0 Å². The molecule has 0 aliphatic heterocycles. The van der Waals surface area contributed by atoms with Gasteiger partial charge in [0.25, 0.3) is 0 Å². The van der Waals surface area contributed by atoms with E-state index in [0.717, 1.165) is 5.75 Å². The van der Waals surface area contributed by atoms with Crippen molar-refractivity contribution >= 4 is 18.7 Å². The summed E-state index contributed by atoms with van der Waals surface area (Å²) < 4.78 is 38.9. The molecule has 0 radical (unpaired) electrons. The van der Waals surface area contributed by atoms with Gasteiger partial charge in [-0.2, -0.15) is 11.8 Å². The summed E-state index contributed by atoms with van der Waals surface area (Å²) in [5, 5.41) is 0. The third-order valence-corrected chi connectivity index (χ3v) is 1.64. The fourth-order valence-corrected chi connectivity index (χ4v) is 0.929.